The van der Waals surface area contributed by atoms with Gasteiger partial charge in [0.15, 0.2) is 5.88 Å². The number of carbonyl (C=O) groups is 1. The molecule has 0 radical (unpaired) electrons. The van der Waals surface area contributed by atoms with Crippen molar-refractivity contribution in [3.8, 4) is 0 Å². The minimum absolute atomic E-state index is 0.186. The van der Waals surface area contributed by atoms with E-state index in [2.05, 4.69) is 35.3 Å². The van der Waals surface area contributed by atoms with Gasteiger partial charge in [-0.25, -0.2) is 0 Å². The van der Waals surface area contributed by atoms with Crippen molar-refractivity contribution in [2.24, 2.45) is 0 Å². The molecular formula is C16H18N4O2S. The van der Waals surface area contributed by atoms with Crippen LogP contribution in [0.4, 0.5) is 0 Å². The molecule has 120 valence electrons. The van der Waals surface area contributed by atoms with E-state index in [4.69, 9.17) is 0 Å². The third-order valence-electron chi connectivity index (χ3n) is 3.81. The summed E-state index contributed by atoms with van der Waals surface area (Å²) in [5, 5.41) is 19.9. The zero-order valence-electron chi connectivity index (χ0n) is 12.6. The fourth-order valence-corrected chi connectivity index (χ4v) is 2.87. The van der Waals surface area contributed by atoms with E-state index in [1.807, 2.05) is 24.3 Å². The molecule has 1 amide bonds. The molecule has 2 atom stereocenters. The van der Waals surface area contributed by atoms with Crippen LogP contribution in [-0.2, 0) is 11.2 Å². The summed E-state index contributed by atoms with van der Waals surface area (Å²) >= 11 is 4.12. The van der Waals surface area contributed by atoms with E-state index in [-0.39, 0.29) is 17.4 Å². The number of aromatic nitrogens is 2. The molecule has 0 bridgehead atoms. The number of amides is 1. The number of thiol groups is 1. The Labute approximate surface area is 139 Å². The highest BCUT2D eigenvalue weighted by Gasteiger charge is 2.33. The number of hydrogen-bond acceptors (Lipinski definition) is 5. The molecule has 3 N–H and O–H groups in total. The summed E-state index contributed by atoms with van der Waals surface area (Å²) in [6.07, 6.45) is 4.34. The van der Waals surface area contributed by atoms with Crippen LogP contribution in [0.5, 0.6) is 0 Å². The number of hydrogen-bond donors (Lipinski definition) is 4. The van der Waals surface area contributed by atoms with Gasteiger partial charge in [-0.15, -0.1) is 12.6 Å². The van der Waals surface area contributed by atoms with Crippen molar-refractivity contribution in [2.45, 2.75) is 24.9 Å². The van der Waals surface area contributed by atoms with Crippen LogP contribution >= 0.6 is 12.6 Å². The Bertz CT molecular complexity index is 725. The standard InChI is InChI=1S/C16H18N4O2S/c1-2-10-4-6-11(7-5-10)13(20-9-3-8-17-20)12-14(21)18-16(23)19-15(12)22/h3-9,13,16,18,21,23H,2H2,1H3,(H,19,22). The van der Waals surface area contributed by atoms with E-state index in [0.717, 1.165) is 12.0 Å². The zero-order valence-corrected chi connectivity index (χ0v) is 13.5. The van der Waals surface area contributed by atoms with Crippen LogP contribution in [0.1, 0.15) is 24.1 Å². The lowest BCUT2D eigenvalue weighted by atomic mass is 9.96. The first kappa shape index (κ1) is 15.5. The first-order chi connectivity index (χ1) is 11.1. The number of aliphatic hydroxyl groups excluding tert-OH is 1. The molecule has 2 unspecified atom stereocenters. The second-order valence-electron chi connectivity index (χ2n) is 5.27. The van der Waals surface area contributed by atoms with Gasteiger partial charge in [0.05, 0.1) is 0 Å². The van der Waals surface area contributed by atoms with Gasteiger partial charge < -0.3 is 15.7 Å². The number of nitrogens with one attached hydrogen (secondary N) is 2. The van der Waals surface area contributed by atoms with Gasteiger partial charge >= 0.3 is 0 Å². The highest BCUT2D eigenvalue weighted by atomic mass is 32.1. The van der Waals surface area contributed by atoms with Crippen molar-refractivity contribution < 1.29 is 9.90 Å². The predicted octanol–water partition coefficient (Wildman–Crippen LogP) is 1.74. The van der Waals surface area contributed by atoms with Gasteiger partial charge in [0.1, 0.15) is 17.1 Å². The quantitative estimate of drug-likeness (QED) is 0.644. The molecule has 3 rings (SSSR count). The summed E-state index contributed by atoms with van der Waals surface area (Å²) in [6.45, 7) is 2.08. The summed E-state index contributed by atoms with van der Waals surface area (Å²) in [6, 6.07) is 9.18. The average Bonchev–Trinajstić information content (AvgIpc) is 3.05. The third kappa shape index (κ3) is 3.05. The molecule has 0 fully saturated rings. The lowest BCUT2D eigenvalue weighted by Crippen LogP contribution is -2.49. The van der Waals surface area contributed by atoms with E-state index in [9.17, 15) is 9.90 Å². The Kier molecular flexibility index (Phi) is 4.29. The predicted molar refractivity (Wildman–Crippen MR) is 89.9 cm³/mol. The van der Waals surface area contributed by atoms with Crippen molar-refractivity contribution in [3.05, 3.63) is 65.3 Å². The maximum atomic E-state index is 12.4. The van der Waals surface area contributed by atoms with Crippen LogP contribution in [0.25, 0.3) is 0 Å². The molecule has 1 aliphatic rings. The van der Waals surface area contributed by atoms with Crippen LogP contribution < -0.4 is 10.6 Å². The molecule has 2 aromatic rings. The molecule has 0 aliphatic carbocycles. The number of aliphatic hydroxyl groups is 1. The molecule has 0 saturated carbocycles. The van der Waals surface area contributed by atoms with Crippen molar-refractivity contribution in [1.29, 1.82) is 0 Å². The number of rotatable bonds is 4. The topological polar surface area (TPSA) is 79.2 Å². The SMILES string of the molecule is CCc1ccc(C(C2=C(O)NC(S)NC2=O)n2cccn2)cc1. The summed E-state index contributed by atoms with van der Waals surface area (Å²) in [5.74, 6) is -0.560. The molecule has 1 aromatic heterocycles. The number of benzene rings is 1. The van der Waals surface area contributed by atoms with Crippen molar-refractivity contribution >= 4 is 18.5 Å². The van der Waals surface area contributed by atoms with Crippen LogP contribution in [0.2, 0.25) is 0 Å². The molecule has 1 aliphatic heterocycles. The van der Waals surface area contributed by atoms with Gasteiger partial charge in [0.25, 0.3) is 5.91 Å². The van der Waals surface area contributed by atoms with Crippen LogP contribution in [-0.4, -0.2) is 26.3 Å². The van der Waals surface area contributed by atoms with Gasteiger partial charge in [-0.05, 0) is 23.6 Å². The first-order valence-electron chi connectivity index (χ1n) is 7.36. The van der Waals surface area contributed by atoms with Gasteiger partial charge in [-0.1, -0.05) is 31.2 Å². The molecule has 0 spiro atoms. The van der Waals surface area contributed by atoms with Crippen LogP contribution in [0.3, 0.4) is 0 Å². The highest BCUT2D eigenvalue weighted by molar-refractivity contribution is 7.80. The average molecular weight is 330 g/mol. The minimum atomic E-state index is -0.619. The second-order valence-corrected chi connectivity index (χ2v) is 5.78. The summed E-state index contributed by atoms with van der Waals surface area (Å²) in [7, 11) is 0. The molecule has 6 nitrogen and oxygen atoms in total. The number of carbonyl (C=O) groups excluding carboxylic acids is 1. The van der Waals surface area contributed by atoms with E-state index >= 15 is 0 Å². The Balaban J connectivity index is 2.09. The van der Waals surface area contributed by atoms with E-state index < -0.39 is 11.5 Å². The summed E-state index contributed by atoms with van der Waals surface area (Å²) in [5.41, 5.74) is 1.66. The maximum Gasteiger partial charge on any atom is 0.257 e. The molecule has 1 aromatic carbocycles. The number of nitrogens with zero attached hydrogens (tertiary/aromatic N) is 2. The monoisotopic (exact) mass is 330 g/mol. The van der Waals surface area contributed by atoms with Crippen molar-refractivity contribution in [3.63, 3.8) is 0 Å². The van der Waals surface area contributed by atoms with Crippen molar-refractivity contribution in [1.82, 2.24) is 20.4 Å². The maximum absolute atomic E-state index is 12.4. The van der Waals surface area contributed by atoms with E-state index in [0.29, 0.717) is 0 Å². The van der Waals surface area contributed by atoms with Crippen LogP contribution in [0.15, 0.2) is 54.2 Å². The Morgan fingerprint density at radius 1 is 1.35 bits per heavy atom. The second kappa shape index (κ2) is 6.37. The first-order valence-corrected chi connectivity index (χ1v) is 7.88. The van der Waals surface area contributed by atoms with Gasteiger partial charge in [0, 0.05) is 12.4 Å². The van der Waals surface area contributed by atoms with E-state index in [1.54, 1.807) is 23.1 Å². The summed E-state index contributed by atoms with van der Waals surface area (Å²) in [4.78, 5) is 12.4. The smallest absolute Gasteiger partial charge is 0.257 e. The minimum Gasteiger partial charge on any atom is -0.494 e. The van der Waals surface area contributed by atoms with Crippen LogP contribution in [0, 0.1) is 0 Å². The van der Waals surface area contributed by atoms with Crippen molar-refractivity contribution in [2.75, 3.05) is 0 Å². The third-order valence-corrected chi connectivity index (χ3v) is 4.07. The van der Waals surface area contributed by atoms with Gasteiger partial charge in [-0.2, -0.15) is 5.10 Å². The largest absolute Gasteiger partial charge is 0.494 e. The molecular weight excluding hydrogens is 312 g/mol. The lowest BCUT2D eigenvalue weighted by Gasteiger charge is -2.28. The molecule has 7 heteroatoms. The number of aryl methyl sites for hydroxylation is 1. The molecule has 2 heterocycles. The molecule has 0 saturated heterocycles. The highest BCUT2D eigenvalue weighted by Crippen LogP contribution is 2.29. The zero-order chi connectivity index (χ0) is 16.4. The Morgan fingerprint density at radius 2 is 2.09 bits per heavy atom. The normalized spacial score (nSPS) is 19.2. The summed E-state index contributed by atoms with van der Waals surface area (Å²) < 4.78 is 1.65. The Hall–Kier alpha value is -2.41. The molecule has 23 heavy (non-hydrogen) atoms. The van der Waals surface area contributed by atoms with Gasteiger partial charge in [-0.3, -0.25) is 9.48 Å². The fourth-order valence-electron chi connectivity index (χ4n) is 2.63. The lowest BCUT2D eigenvalue weighted by molar-refractivity contribution is -0.119. The van der Waals surface area contributed by atoms with Gasteiger partial charge in [0.2, 0.25) is 0 Å². The fraction of sp³-hybridized carbons (Fsp3) is 0.250. The van der Waals surface area contributed by atoms with E-state index in [1.165, 1.54) is 5.56 Å². The Morgan fingerprint density at radius 3 is 2.65 bits per heavy atom.